The van der Waals surface area contributed by atoms with Gasteiger partial charge in [-0.1, -0.05) is 24.3 Å². The molecule has 1 N–H and O–H groups in total. The van der Waals surface area contributed by atoms with Gasteiger partial charge in [-0.3, -0.25) is 4.79 Å². The summed E-state index contributed by atoms with van der Waals surface area (Å²) in [5, 5.41) is 3.27. The number of nitrogens with one attached hydrogen (secondary N) is 1. The summed E-state index contributed by atoms with van der Waals surface area (Å²) in [5.74, 6) is 0.210. The van der Waals surface area contributed by atoms with Crippen molar-refractivity contribution in [3.8, 4) is 0 Å². The van der Waals surface area contributed by atoms with Gasteiger partial charge in [-0.25, -0.2) is 0 Å². The average molecular weight is 290 g/mol. The Kier molecular flexibility index (Phi) is 6.21. The van der Waals surface area contributed by atoms with Gasteiger partial charge in [-0.2, -0.15) is 0 Å². The number of amides is 1. The van der Waals surface area contributed by atoms with E-state index in [4.69, 9.17) is 4.74 Å². The lowest BCUT2D eigenvalue weighted by Gasteiger charge is -2.20. The molecule has 2 rings (SSSR count). The normalized spacial score (nSPS) is 14.2. The van der Waals surface area contributed by atoms with Gasteiger partial charge in [-0.15, -0.1) is 0 Å². The van der Waals surface area contributed by atoms with Crippen molar-refractivity contribution in [1.29, 1.82) is 0 Å². The highest BCUT2D eigenvalue weighted by molar-refractivity contribution is 5.78. The van der Waals surface area contributed by atoms with E-state index in [9.17, 15) is 4.79 Å². The van der Waals surface area contributed by atoms with E-state index >= 15 is 0 Å². The third-order valence-electron chi connectivity index (χ3n) is 3.82. The minimum Gasteiger partial charge on any atom is -0.377 e. The van der Waals surface area contributed by atoms with Crippen LogP contribution in [0.15, 0.2) is 24.3 Å². The number of rotatable bonds is 9. The maximum absolute atomic E-state index is 12.1. The van der Waals surface area contributed by atoms with Crippen LogP contribution in [-0.2, 0) is 22.7 Å². The molecule has 1 amide bonds. The summed E-state index contributed by atoms with van der Waals surface area (Å²) in [7, 11) is 0. The van der Waals surface area contributed by atoms with Crippen LogP contribution in [0.4, 0.5) is 0 Å². The predicted octanol–water partition coefficient (Wildman–Crippen LogP) is 2.32. The SMILES string of the molecule is CCOCc1ccccc1CNCC(=O)N(CC)C1CC1. The summed E-state index contributed by atoms with van der Waals surface area (Å²) in [6.07, 6.45) is 2.33. The van der Waals surface area contributed by atoms with Crippen LogP contribution in [0.5, 0.6) is 0 Å². The molecular weight excluding hydrogens is 264 g/mol. The molecule has 1 saturated carbocycles. The number of benzene rings is 1. The molecule has 4 nitrogen and oxygen atoms in total. The first kappa shape index (κ1) is 16.0. The summed E-state index contributed by atoms with van der Waals surface area (Å²) in [6.45, 7) is 7.32. The number of hydrogen-bond acceptors (Lipinski definition) is 3. The van der Waals surface area contributed by atoms with E-state index in [1.54, 1.807) is 0 Å². The molecule has 116 valence electrons. The minimum atomic E-state index is 0.210. The van der Waals surface area contributed by atoms with Crippen LogP contribution < -0.4 is 5.32 Å². The Hall–Kier alpha value is -1.39. The molecule has 4 heteroatoms. The zero-order chi connectivity index (χ0) is 15.1. The number of carbonyl (C=O) groups excluding carboxylic acids is 1. The maximum Gasteiger partial charge on any atom is 0.236 e. The first-order chi connectivity index (χ1) is 10.3. The van der Waals surface area contributed by atoms with E-state index in [2.05, 4.69) is 17.4 Å². The van der Waals surface area contributed by atoms with Crippen molar-refractivity contribution in [2.45, 2.75) is 45.9 Å². The summed E-state index contributed by atoms with van der Waals surface area (Å²) in [4.78, 5) is 14.1. The van der Waals surface area contributed by atoms with Crippen LogP contribution in [0.1, 0.15) is 37.8 Å². The molecule has 0 spiro atoms. The van der Waals surface area contributed by atoms with Crippen LogP contribution in [0.25, 0.3) is 0 Å². The van der Waals surface area contributed by atoms with Gasteiger partial charge in [0.25, 0.3) is 0 Å². The van der Waals surface area contributed by atoms with Crippen molar-refractivity contribution < 1.29 is 9.53 Å². The minimum absolute atomic E-state index is 0.210. The molecule has 0 unspecified atom stereocenters. The maximum atomic E-state index is 12.1. The van der Waals surface area contributed by atoms with Crippen molar-refractivity contribution in [3.63, 3.8) is 0 Å². The highest BCUT2D eigenvalue weighted by Gasteiger charge is 2.30. The Labute approximate surface area is 127 Å². The van der Waals surface area contributed by atoms with Gasteiger partial charge in [0.05, 0.1) is 13.2 Å². The lowest BCUT2D eigenvalue weighted by Crippen LogP contribution is -2.39. The van der Waals surface area contributed by atoms with E-state index in [1.165, 1.54) is 11.1 Å². The molecule has 21 heavy (non-hydrogen) atoms. The van der Waals surface area contributed by atoms with Gasteiger partial charge < -0.3 is 15.0 Å². The van der Waals surface area contributed by atoms with Crippen LogP contribution >= 0.6 is 0 Å². The Morgan fingerprint density at radius 3 is 2.62 bits per heavy atom. The second kappa shape index (κ2) is 8.15. The fourth-order valence-corrected chi connectivity index (χ4v) is 2.51. The Morgan fingerprint density at radius 1 is 1.29 bits per heavy atom. The summed E-state index contributed by atoms with van der Waals surface area (Å²) >= 11 is 0. The highest BCUT2D eigenvalue weighted by Crippen LogP contribution is 2.26. The fourth-order valence-electron chi connectivity index (χ4n) is 2.51. The van der Waals surface area contributed by atoms with E-state index in [-0.39, 0.29) is 5.91 Å². The molecule has 0 aliphatic heterocycles. The number of hydrogen-bond donors (Lipinski definition) is 1. The topological polar surface area (TPSA) is 41.6 Å². The van der Waals surface area contributed by atoms with Crippen LogP contribution in [0.2, 0.25) is 0 Å². The van der Waals surface area contributed by atoms with E-state index in [1.807, 2.05) is 30.9 Å². The molecule has 1 aromatic carbocycles. The Bertz CT molecular complexity index is 458. The highest BCUT2D eigenvalue weighted by atomic mass is 16.5. The predicted molar refractivity (Wildman–Crippen MR) is 83.9 cm³/mol. The molecule has 0 radical (unpaired) electrons. The first-order valence-electron chi connectivity index (χ1n) is 7.91. The number of nitrogens with zero attached hydrogens (tertiary/aromatic N) is 1. The van der Waals surface area contributed by atoms with Gasteiger partial charge in [0.1, 0.15) is 0 Å². The van der Waals surface area contributed by atoms with E-state index in [0.29, 0.717) is 32.3 Å². The van der Waals surface area contributed by atoms with Crippen molar-refractivity contribution in [2.75, 3.05) is 19.7 Å². The summed E-state index contributed by atoms with van der Waals surface area (Å²) in [5.41, 5.74) is 2.39. The Balaban J connectivity index is 1.81. The van der Waals surface area contributed by atoms with Gasteiger partial charge >= 0.3 is 0 Å². The molecule has 1 aliphatic rings. The molecule has 1 aromatic rings. The number of carbonyl (C=O) groups is 1. The summed E-state index contributed by atoms with van der Waals surface area (Å²) in [6, 6.07) is 8.71. The second-order valence-electron chi connectivity index (χ2n) is 5.42. The average Bonchev–Trinajstić information content (AvgIpc) is 3.32. The van der Waals surface area contributed by atoms with Gasteiger partial charge in [0.2, 0.25) is 5.91 Å². The van der Waals surface area contributed by atoms with Crippen LogP contribution in [-0.4, -0.2) is 36.5 Å². The lowest BCUT2D eigenvalue weighted by atomic mass is 10.1. The molecule has 0 saturated heterocycles. The third-order valence-corrected chi connectivity index (χ3v) is 3.82. The van der Waals surface area contributed by atoms with Gasteiger partial charge in [-0.05, 0) is 37.8 Å². The van der Waals surface area contributed by atoms with Gasteiger partial charge in [0.15, 0.2) is 0 Å². The first-order valence-corrected chi connectivity index (χ1v) is 7.91. The molecule has 0 bridgehead atoms. The van der Waals surface area contributed by atoms with Crippen LogP contribution in [0.3, 0.4) is 0 Å². The monoisotopic (exact) mass is 290 g/mol. The van der Waals surface area contributed by atoms with E-state index in [0.717, 1.165) is 19.4 Å². The largest absolute Gasteiger partial charge is 0.377 e. The van der Waals surface area contributed by atoms with Gasteiger partial charge in [0, 0.05) is 25.7 Å². The summed E-state index contributed by atoms with van der Waals surface area (Å²) < 4.78 is 5.48. The molecule has 1 aliphatic carbocycles. The van der Waals surface area contributed by atoms with Crippen molar-refractivity contribution in [2.24, 2.45) is 0 Å². The Morgan fingerprint density at radius 2 is 2.00 bits per heavy atom. The van der Waals surface area contributed by atoms with Crippen molar-refractivity contribution in [3.05, 3.63) is 35.4 Å². The van der Waals surface area contributed by atoms with Crippen molar-refractivity contribution in [1.82, 2.24) is 10.2 Å². The third kappa shape index (κ3) is 4.83. The second-order valence-corrected chi connectivity index (χ2v) is 5.42. The quantitative estimate of drug-likeness (QED) is 0.759. The molecule has 0 heterocycles. The molecule has 0 atom stereocenters. The van der Waals surface area contributed by atoms with E-state index < -0.39 is 0 Å². The lowest BCUT2D eigenvalue weighted by molar-refractivity contribution is -0.130. The molecular formula is C17H26N2O2. The molecule has 1 fully saturated rings. The fraction of sp³-hybridized carbons (Fsp3) is 0.588. The standard InChI is InChI=1S/C17H26N2O2/c1-3-19(16-9-10-16)17(20)12-18-11-14-7-5-6-8-15(14)13-21-4-2/h5-8,16,18H,3-4,9-13H2,1-2H3. The van der Waals surface area contributed by atoms with Crippen LogP contribution in [0, 0.1) is 0 Å². The number of likely N-dealkylation sites (N-methyl/N-ethyl adjacent to an activating group) is 1. The number of ether oxygens (including phenoxy) is 1. The smallest absolute Gasteiger partial charge is 0.236 e. The van der Waals surface area contributed by atoms with Crippen molar-refractivity contribution >= 4 is 5.91 Å². The zero-order valence-corrected chi connectivity index (χ0v) is 13.1. The zero-order valence-electron chi connectivity index (χ0n) is 13.1. The molecule has 0 aromatic heterocycles.